The van der Waals surface area contributed by atoms with Gasteiger partial charge in [0.15, 0.2) is 0 Å². The van der Waals surface area contributed by atoms with Crippen molar-refractivity contribution < 1.29 is 4.42 Å². The first-order chi connectivity index (χ1) is 11.5. The Morgan fingerprint density at radius 2 is 2.00 bits per heavy atom. The zero-order valence-corrected chi connectivity index (χ0v) is 16.1. The maximum atomic E-state index is 5.82. The Bertz CT molecular complexity index is 510. The molecule has 3 rings (SSSR count). The maximum Gasteiger partial charge on any atom is 0.107 e. The van der Waals surface area contributed by atoms with Crippen LogP contribution in [0.1, 0.15) is 63.9 Å². The van der Waals surface area contributed by atoms with E-state index in [0.29, 0.717) is 5.92 Å². The summed E-state index contributed by atoms with van der Waals surface area (Å²) >= 11 is 0. The number of aryl methyl sites for hydroxylation is 1. The van der Waals surface area contributed by atoms with Gasteiger partial charge < -0.3 is 9.32 Å². The molecule has 0 saturated carbocycles. The number of rotatable bonds is 6. The lowest BCUT2D eigenvalue weighted by Gasteiger charge is -2.48. The topological polar surface area (TPSA) is 19.6 Å². The first kappa shape index (κ1) is 18.0. The van der Waals surface area contributed by atoms with Crippen molar-refractivity contribution in [2.45, 2.75) is 65.3 Å². The Kier molecular flexibility index (Phi) is 6.04. The Morgan fingerprint density at radius 1 is 1.17 bits per heavy atom. The van der Waals surface area contributed by atoms with Crippen molar-refractivity contribution in [3.63, 3.8) is 0 Å². The summed E-state index contributed by atoms with van der Waals surface area (Å²) in [5.74, 6) is 4.41. The van der Waals surface area contributed by atoms with E-state index in [4.69, 9.17) is 4.42 Å². The third-order valence-corrected chi connectivity index (χ3v) is 5.99. The van der Waals surface area contributed by atoms with Crippen LogP contribution in [-0.4, -0.2) is 48.6 Å². The quantitative estimate of drug-likeness (QED) is 0.763. The molecule has 0 spiro atoms. The van der Waals surface area contributed by atoms with Gasteiger partial charge in [0, 0.05) is 25.0 Å². The average molecular weight is 333 g/mol. The van der Waals surface area contributed by atoms with Crippen LogP contribution >= 0.6 is 0 Å². The first-order valence-corrected chi connectivity index (χ1v) is 10.1. The third-order valence-electron chi connectivity index (χ3n) is 5.99. The zero-order valence-electron chi connectivity index (χ0n) is 16.1. The molecule has 2 fully saturated rings. The number of piperidine rings is 2. The molecule has 0 radical (unpaired) electrons. The van der Waals surface area contributed by atoms with E-state index in [2.05, 4.69) is 42.7 Å². The van der Waals surface area contributed by atoms with Crippen molar-refractivity contribution in [1.29, 1.82) is 0 Å². The Hall–Kier alpha value is -0.800. The van der Waals surface area contributed by atoms with Crippen LogP contribution in [-0.2, 0) is 0 Å². The predicted octanol–water partition coefficient (Wildman–Crippen LogP) is 4.52. The normalized spacial score (nSPS) is 27.4. The zero-order chi connectivity index (χ0) is 17.1. The van der Waals surface area contributed by atoms with Gasteiger partial charge in [-0.3, -0.25) is 4.90 Å². The highest BCUT2D eigenvalue weighted by atomic mass is 16.3. The molecule has 0 aromatic carbocycles. The summed E-state index contributed by atoms with van der Waals surface area (Å²) in [7, 11) is 0. The van der Waals surface area contributed by atoms with Gasteiger partial charge in [0.2, 0.25) is 0 Å². The second kappa shape index (κ2) is 8.05. The van der Waals surface area contributed by atoms with Gasteiger partial charge in [0.25, 0.3) is 0 Å². The summed E-state index contributed by atoms with van der Waals surface area (Å²) in [5, 5.41) is 0. The average Bonchev–Trinajstić information content (AvgIpc) is 2.98. The summed E-state index contributed by atoms with van der Waals surface area (Å²) in [6, 6.07) is 5.07. The van der Waals surface area contributed by atoms with Crippen molar-refractivity contribution >= 4 is 0 Å². The standard InChI is InChI=1S/C21H36N2O/c1-16(2)14-22-12-10-20-19(15-22)6-5-11-23(20)13-9-17(3)21-8-7-18(4)24-21/h7-8,16-17,19-20H,5-6,9-15H2,1-4H3/t17?,19-,20+/m1/s1. The molecule has 0 aliphatic carbocycles. The summed E-state index contributed by atoms with van der Waals surface area (Å²) in [5.41, 5.74) is 0. The van der Waals surface area contributed by atoms with Crippen molar-refractivity contribution in [1.82, 2.24) is 9.80 Å². The van der Waals surface area contributed by atoms with E-state index in [1.807, 2.05) is 6.92 Å². The lowest BCUT2D eigenvalue weighted by molar-refractivity contribution is 0.0179. The minimum atomic E-state index is 0.528. The van der Waals surface area contributed by atoms with E-state index in [0.717, 1.165) is 29.4 Å². The first-order valence-electron chi connectivity index (χ1n) is 10.1. The molecule has 0 amide bonds. The third kappa shape index (κ3) is 4.43. The van der Waals surface area contributed by atoms with Crippen LogP contribution in [0.3, 0.4) is 0 Å². The Labute approximate surface area is 148 Å². The SMILES string of the molecule is Cc1ccc(C(C)CCN2CCC[C@@H]3CN(CC(C)C)CC[C@@H]32)o1. The number of hydrogen-bond acceptors (Lipinski definition) is 3. The molecule has 136 valence electrons. The Morgan fingerprint density at radius 3 is 2.71 bits per heavy atom. The van der Waals surface area contributed by atoms with E-state index in [1.54, 1.807) is 0 Å². The fourth-order valence-corrected chi connectivity index (χ4v) is 4.76. The molecule has 3 heteroatoms. The monoisotopic (exact) mass is 332 g/mol. The van der Waals surface area contributed by atoms with Crippen LogP contribution in [0.5, 0.6) is 0 Å². The second-order valence-electron chi connectivity index (χ2n) is 8.59. The van der Waals surface area contributed by atoms with E-state index in [-0.39, 0.29) is 0 Å². The fourth-order valence-electron chi connectivity index (χ4n) is 4.76. The molecule has 1 aromatic rings. The predicted molar refractivity (Wildman–Crippen MR) is 100 cm³/mol. The highest BCUT2D eigenvalue weighted by Gasteiger charge is 2.35. The van der Waals surface area contributed by atoms with Gasteiger partial charge in [0.05, 0.1) is 0 Å². The fraction of sp³-hybridized carbons (Fsp3) is 0.810. The minimum Gasteiger partial charge on any atom is -0.466 e. The maximum absolute atomic E-state index is 5.82. The largest absolute Gasteiger partial charge is 0.466 e. The number of fused-ring (bicyclic) bond motifs is 1. The van der Waals surface area contributed by atoms with Crippen LogP contribution in [0.4, 0.5) is 0 Å². The summed E-state index contributed by atoms with van der Waals surface area (Å²) in [6.45, 7) is 15.5. The number of likely N-dealkylation sites (tertiary alicyclic amines) is 2. The minimum absolute atomic E-state index is 0.528. The van der Waals surface area contributed by atoms with E-state index in [1.165, 1.54) is 58.4 Å². The highest BCUT2D eigenvalue weighted by Crippen LogP contribution is 2.32. The molecule has 0 N–H and O–H groups in total. The lowest BCUT2D eigenvalue weighted by atomic mass is 9.83. The molecule has 1 unspecified atom stereocenters. The van der Waals surface area contributed by atoms with Crippen LogP contribution in [0.15, 0.2) is 16.5 Å². The number of furan rings is 1. The molecule has 24 heavy (non-hydrogen) atoms. The molecule has 1 aromatic heterocycles. The molecule has 0 bridgehead atoms. The van der Waals surface area contributed by atoms with Crippen molar-refractivity contribution in [3.05, 3.63) is 23.7 Å². The molecule has 3 atom stereocenters. The van der Waals surface area contributed by atoms with E-state index < -0.39 is 0 Å². The summed E-state index contributed by atoms with van der Waals surface area (Å²) in [4.78, 5) is 5.51. The molecule has 2 aliphatic heterocycles. The van der Waals surface area contributed by atoms with E-state index in [9.17, 15) is 0 Å². The molecule has 2 saturated heterocycles. The van der Waals surface area contributed by atoms with Crippen molar-refractivity contribution in [2.24, 2.45) is 11.8 Å². The van der Waals surface area contributed by atoms with Gasteiger partial charge in [-0.25, -0.2) is 0 Å². The molecule has 2 aliphatic rings. The molecular formula is C21H36N2O. The highest BCUT2D eigenvalue weighted by molar-refractivity contribution is 5.09. The van der Waals surface area contributed by atoms with E-state index >= 15 is 0 Å². The molecular weight excluding hydrogens is 296 g/mol. The van der Waals surface area contributed by atoms with Gasteiger partial charge in [-0.1, -0.05) is 20.8 Å². The number of hydrogen-bond donors (Lipinski definition) is 0. The van der Waals surface area contributed by atoms with Gasteiger partial charge in [-0.2, -0.15) is 0 Å². The van der Waals surface area contributed by atoms with Crippen molar-refractivity contribution in [2.75, 3.05) is 32.7 Å². The lowest BCUT2D eigenvalue weighted by Crippen LogP contribution is -2.54. The molecule has 3 heterocycles. The van der Waals surface area contributed by atoms with Crippen LogP contribution < -0.4 is 0 Å². The van der Waals surface area contributed by atoms with Gasteiger partial charge >= 0.3 is 0 Å². The van der Waals surface area contributed by atoms with Gasteiger partial charge in [-0.05, 0) is 76.2 Å². The van der Waals surface area contributed by atoms with Crippen LogP contribution in [0, 0.1) is 18.8 Å². The number of nitrogens with zero attached hydrogens (tertiary/aromatic N) is 2. The van der Waals surface area contributed by atoms with Crippen LogP contribution in [0.2, 0.25) is 0 Å². The summed E-state index contributed by atoms with van der Waals surface area (Å²) in [6.07, 6.45) is 5.39. The Balaban J connectivity index is 1.51. The molecule has 3 nitrogen and oxygen atoms in total. The summed E-state index contributed by atoms with van der Waals surface area (Å²) < 4.78 is 5.82. The van der Waals surface area contributed by atoms with Gasteiger partial charge in [0.1, 0.15) is 11.5 Å². The van der Waals surface area contributed by atoms with Gasteiger partial charge in [-0.15, -0.1) is 0 Å². The second-order valence-corrected chi connectivity index (χ2v) is 8.59. The van der Waals surface area contributed by atoms with Crippen LogP contribution in [0.25, 0.3) is 0 Å². The smallest absolute Gasteiger partial charge is 0.107 e. The van der Waals surface area contributed by atoms with Crippen molar-refractivity contribution in [3.8, 4) is 0 Å².